The molecule has 1 aliphatic rings. The number of hydrogen-bond donors (Lipinski definition) is 1. The fourth-order valence-corrected chi connectivity index (χ4v) is 2.39. The molecule has 0 heterocycles. The van der Waals surface area contributed by atoms with Gasteiger partial charge in [0, 0.05) is 11.1 Å². The first-order chi connectivity index (χ1) is 9.72. The highest BCUT2D eigenvalue weighted by molar-refractivity contribution is 5.86. The van der Waals surface area contributed by atoms with E-state index in [1.807, 2.05) is 24.3 Å². The van der Waals surface area contributed by atoms with Gasteiger partial charge in [0.05, 0.1) is 0 Å². The third-order valence-corrected chi connectivity index (χ3v) is 3.43. The minimum Gasteiger partial charge on any atom is -0.505 e. The van der Waals surface area contributed by atoms with Gasteiger partial charge in [0.25, 0.3) is 0 Å². The monoisotopic (exact) mass is 265 g/mol. The van der Waals surface area contributed by atoms with E-state index in [0.717, 1.165) is 35.1 Å². The van der Waals surface area contributed by atoms with Gasteiger partial charge in [-0.1, -0.05) is 50.0 Å². The number of aryl methyl sites for hydroxylation is 1. The molecule has 1 N–H and O–H groups in total. The van der Waals surface area contributed by atoms with Gasteiger partial charge < -0.3 is 5.11 Å². The highest BCUT2D eigenvalue weighted by atomic mass is 16.3. The van der Waals surface area contributed by atoms with Gasteiger partial charge >= 0.3 is 0 Å². The van der Waals surface area contributed by atoms with Crippen molar-refractivity contribution in [2.45, 2.75) is 19.8 Å². The quantitative estimate of drug-likeness (QED) is 0.777. The molecular formula is C18H19NO. The van der Waals surface area contributed by atoms with Crippen LogP contribution in [0.15, 0.2) is 48.0 Å². The summed E-state index contributed by atoms with van der Waals surface area (Å²) in [6.45, 7) is 9.46. The molecule has 0 spiro atoms. The summed E-state index contributed by atoms with van der Waals surface area (Å²) in [4.78, 5) is 3.99. The van der Waals surface area contributed by atoms with E-state index in [1.54, 1.807) is 6.08 Å². The first kappa shape index (κ1) is 14.1. The average molecular weight is 265 g/mol. The molecule has 20 heavy (non-hydrogen) atoms. The van der Waals surface area contributed by atoms with Crippen molar-refractivity contribution in [3.8, 4) is 5.75 Å². The number of aromatic hydroxyl groups is 1. The number of nitrogens with zero attached hydrogens (tertiary/aromatic N) is 1. The summed E-state index contributed by atoms with van der Waals surface area (Å²) in [5.41, 5.74) is 4.25. The van der Waals surface area contributed by atoms with Crippen molar-refractivity contribution in [1.82, 2.24) is 0 Å². The van der Waals surface area contributed by atoms with E-state index in [4.69, 9.17) is 0 Å². The van der Waals surface area contributed by atoms with Crippen molar-refractivity contribution < 1.29 is 5.11 Å². The summed E-state index contributed by atoms with van der Waals surface area (Å²) in [6.07, 6.45) is 13.7. The standard InChI is InChI=1S/C18H19NO/c1-4-13-12-16(14-10-8-6-7-9-11-14)18(20)17(19-3)15(13)5-2/h5-6,8-12,20H,2-4,7H2,1H3. The van der Waals surface area contributed by atoms with Gasteiger partial charge in [0.15, 0.2) is 0 Å². The summed E-state index contributed by atoms with van der Waals surface area (Å²) in [5, 5.41) is 10.5. The molecule has 2 heteroatoms. The van der Waals surface area contributed by atoms with Crippen LogP contribution >= 0.6 is 0 Å². The molecule has 1 aliphatic carbocycles. The van der Waals surface area contributed by atoms with Gasteiger partial charge in [0.1, 0.15) is 11.4 Å². The molecule has 0 saturated heterocycles. The molecular weight excluding hydrogens is 246 g/mol. The van der Waals surface area contributed by atoms with Crippen LogP contribution in [0, 0.1) is 0 Å². The van der Waals surface area contributed by atoms with Crippen LogP contribution in [0.1, 0.15) is 30.0 Å². The van der Waals surface area contributed by atoms with Gasteiger partial charge in [-0.15, -0.1) is 0 Å². The second-order valence-electron chi connectivity index (χ2n) is 4.60. The van der Waals surface area contributed by atoms with E-state index in [9.17, 15) is 5.11 Å². The smallest absolute Gasteiger partial charge is 0.149 e. The predicted octanol–water partition coefficient (Wildman–Crippen LogP) is 4.83. The molecule has 0 saturated carbocycles. The number of allylic oxidation sites excluding steroid dienone is 6. The first-order valence-corrected chi connectivity index (χ1v) is 6.74. The van der Waals surface area contributed by atoms with Crippen LogP contribution in [0.4, 0.5) is 5.69 Å². The molecule has 0 bridgehead atoms. The molecule has 2 nitrogen and oxygen atoms in total. The molecule has 0 atom stereocenters. The van der Waals surface area contributed by atoms with Crippen LogP contribution in [0.3, 0.4) is 0 Å². The molecule has 2 rings (SSSR count). The number of aliphatic imine (C=N–C) groups is 1. The lowest BCUT2D eigenvalue weighted by Crippen LogP contribution is -1.93. The fraction of sp³-hybridized carbons (Fsp3) is 0.167. The lowest BCUT2D eigenvalue weighted by molar-refractivity contribution is 0.475. The van der Waals surface area contributed by atoms with Crippen molar-refractivity contribution in [2.75, 3.05) is 0 Å². The molecule has 0 radical (unpaired) electrons. The Hall–Kier alpha value is -2.35. The zero-order valence-corrected chi connectivity index (χ0v) is 11.8. The Morgan fingerprint density at radius 1 is 1.40 bits per heavy atom. The normalized spacial score (nSPS) is 13.8. The van der Waals surface area contributed by atoms with Crippen LogP contribution in [0.2, 0.25) is 0 Å². The largest absolute Gasteiger partial charge is 0.505 e. The molecule has 102 valence electrons. The van der Waals surface area contributed by atoms with E-state index >= 15 is 0 Å². The molecule has 0 fully saturated rings. The zero-order chi connectivity index (χ0) is 14.5. The van der Waals surface area contributed by atoms with Crippen molar-refractivity contribution in [3.63, 3.8) is 0 Å². The van der Waals surface area contributed by atoms with Crippen molar-refractivity contribution >= 4 is 24.1 Å². The Morgan fingerprint density at radius 3 is 2.85 bits per heavy atom. The molecule has 1 aromatic carbocycles. The maximum absolute atomic E-state index is 10.5. The van der Waals surface area contributed by atoms with E-state index < -0.39 is 0 Å². The summed E-state index contributed by atoms with van der Waals surface area (Å²) in [5.74, 6) is 0.165. The molecule has 0 amide bonds. The predicted molar refractivity (Wildman–Crippen MR) is 87.7 cm³/mol. The molecule has 1 aromatic rings. The van der Waals surface area contributed by atoms with Crippen molar-refractivity contribution in [2.24, 2.45) is 4.99 Å². The van der Waals surface area contributed by atoms with E-state index in [0.29, 0.717) is 5.69 Å². The summed E-state index contributed by atoms with van der Waals surface area (Å²) in [6, 6.07) is 2.01. The van der Waals surface area contributed by atoms with E-state index in [-0.39, 0.29) is 5.75 Å². The number of phenols is 1. The van der Waals surface area contributed by atoms with Crippen LogP contribution < -0.4 is 0 Å². The second-order valence-corrected chi connectivity index (χ2v) is 4.60. The minimum atomic E-state index is 0.165. The number of hydrogen-bond acceptors (Lipinski definition) is 2. The zero-order valence-electron chi connectivity index (χ0n) is 11.8. The third-order valence-electron chi connectivity index (χ3n) is 3.43. The number of phenolic OH excluding ortho intramolecular Hbond substituents is 1. The molecule has 0 unspecified atom stereocenters. The third kappa shape index (κ3) is 2.50. The minimum absolute atomic E-state index is 0.165. The van der Waals surface area contributed by atoms with Crippen LogP contribution in [-0.4, -0.2) is 11.8 Å². The van der Waals surface area contributed by atoms with Crippen molar-refractivity contribution in [3.05, 3.63) is 59.7 Å². The highest BCUT2D eigenvalue weighted by Gasteiger charge is 2.16. The van der Waals surface area contributed by atoms with Gasteiger partial charge in [-0.25, -0.2) is 0 Å². The highest BCUT2D eigenvalue weighted by Crippen LogP contribution is 2.41. The van der Waals surface area contributed by atoms with Gasteiger partial charge in [0.2, 0.25) is 0 Å². The van der Waals surface area contributed by atoms with Gasteiger partial charge in [-0.2, -0.15) is 0 Å². The van der Waals surface area contributed by atoms with Gasteiger partial charge in [-0.3, -0.25) is 4.99 Å². The Kier molecular flexibility index (Phi) is 4.36. The number of benzene rings is 1. The Labute approximate surface area is 120 Å². The topological polar surface area (TPSA) is 32.6 Å². The average Bonchev–Trinajstić information content (AvgIpc) is 2.75. The Balaban J connectivity index is 2.71. The second kappa shape index (κ2) is 6.20. The molecule has 0 aromatic heterocycles. The Morgan fingerprint density at radius 2 is 2.20 bits per heavy atom. The summed E-state index contributed by atoms with van der Waals surface area (Å²) >= 11 is 0. The first-order valence-electron chi connectivity index (χ1n) is 6.74. The van der Waals surface area contributed by atoms with Crippen LogP contribution in [-0.2, 0) is 6.42 Å². The van der Waals surface area contributed by atoms with Crippen molar-refractivity contribution in [1.29, 1.82) is 0 Å². The molecule has 0 aliphatic heterocycles. The van der Waals surface area contributed by atoms with Crippen LogP contribution in [0.5, 0.6) is 5.75 Å². The Bertz CT molecular complexity index is 633. The number of rotatable bonds is 4. The maximum atomic E-state index is 10.5. The van der Waals surface area contributed by atoms with E-state index in [2.05, 4.69) is 37.4 Å². The lowest BCUT2D eigenvalue weighted by Gasteiger charge is -2.14. The summed E-state index contributed by atoms with van der Waals surface area (Å²) < 4.78 is 0. The van der Waals surface area contributed by atoms with Crippen LogP contribution in [0.25, 0.3) is 11.6 Å². The van der Waals surface area contributed by atoms with E-state index in [1.165, 1.54) is 0 Å². The SMILES string of the molecule is C=Cc1c(CC)cc(C2=CC=CCC=C2)c(O)c1N=C. The van der Waals surface area contributed by atoms with Gasteiger partial charge in [-0.05, 0) is 36.8 Å². The summed E-state index contributed by atoms with van der Waals surface area (Å²) in [7, 11) is 0. The lowest BCUT2D eigenvalue weighted by atomic mass is 9.94. The fourth-order valence-electron chi connectivity index (χ4n) is 2.39. The maximum Gasteiger partial charge on any atom is 0.149 e.